The Balaban J connectivity index is 1.38. The molecule has 5 atom stereocenters. The van der Waals surface area contributed by atoms with Crippen molar-refractivity contribution in [3.63, 3.8) is 0 Å². The van der Waals surface area contributed by atoms with Gasteiger partial charge in [-0.3, -0.25) is 19.6 Å². The number of nitrogens with two attached hydrogens (primary N) is 1. The summed E-state index contributed by atoms with van der Waals surface area (Å²) in [6.07, 6.45) is 2.46. The van der Waals surface area contributed by atoms with Crippen molar-refractivity contribution in [2.45, 2.75) is 57.8 Å². The highest BCUT2D eigenvalue weighted by Crippen LogP contribution is 2.45. The molecule has 3 aromatic rings. The van der Waals surface area contributed by atoms with Crippen LogP contribution in [0.4, 0.5) is 5.69 Å². The summed E-state index contributed by atoms with van der Waals surface area (Å²) in [7, 11) is 3.83. The first-order chi connectivity index (χ1) is 20.4. The minimum atomic E-state index is -0.355. The molecular weight excluding hydrogens is 530 g/mol. The summed E-state index contributed by atoms with van der Waals surface area (Å²) in [5.41, 5.74) is 11.7. The molecule has 0 radical (unpaired) electrons. The number of anilines is 1. The summed E-state index contributed by atoms with van der Waals surface area (Å²) >= 11 is 0. The first kappa shape index (κ1) is 30.1. The van der Waals surface area contributed by atoms with E-state index in [9.17, 15) is 4.79 Å². The Kier molecular flexibility index (Phi) is 9.87. The van der Waals surface area contributed by atoms with Crippen molar-refractivity contribution in [2.75, 3.05) is 39.2 Å². The van der Waals surface area contributed by atoms with E-state index in [4.69, 9.17) is 19.9 Å². The van der Waals surface area contributed by atoms with E-state index in [1.807, 2.05) is 49.5 Å². The number of aromatic nitrogens is 1. The number of hydrogen-bond acceptors (Lipinski definition) is 8. The maximum Gasteiger partial charge on any atom is 0.224 e. The van der Waals surface area contributed by atoms with Gasteiger partial charge in [0.1, 0.15) is 24.7 Å². The Morgan fingerprint density at radius 2 is 1.95 bits per heavy atom. The van der Waals surface area contributed by atoms with Gasteiger partial charge in [0.25, 0.3) is 0 Å². The summed E-state index contributed by atoms with van der Waals surface area (Å²) in [4.78, 5) is 21.2. The molecule has 0 spiro atoms. The molecular formula is C33H43N5O4. The lowest BCUT2D eigenvalue weighted by molar-refractivity contribution is -0.116. The number of hydrogen-bond donors (Lipinski definition) is 2. The molecule has 2 aliphatic heterocycles. The van der Waals surface area contributed by atoms with Crippen LogP contribution in [0.15, 0.2) is 66.9 Å². The number of methoxy groups -OCH3 is 1. The summed E-state index contributed by atoms with van der Waals surface area (Å²) < 4.78 is 18.5. The molecule has 1 amide bonds. The van der Waals surface area contributed by atoms with Gasteiger partial charge in [-0.25, -0.2) is 0 Å². The van der Waals surface area contributed by atoms with Gasteiger partial charge >= 0.3 is 0 Å². The Morgan fingerprint density at radius 1 is 1.14 bits per heavy atom. The predicted octanol–water partition coefficient (Wildman–Crippen LogP) is 4.65. The largest absolute Gasteiger partial charge is 0.490 e. The second-order valence-corrected chi connectivity index (χ2v) is 11.4. The van der Waals surface area contributed by atoms with Crippen LogP contribution in [0, 0.1) is 5.92 Å². The summed E-state index contributed by atoms with van der Waals surface area (Å²) in [6, 6.07) is 20.2. The molecule has 0 saturated carbocycles. The molecule has 0 bridgehead atoms. The lowest BCUT2D eigenvalue weighted by atomic mass is 10.0. The number of nitrogens with one attached hydrogen (secondary N) is 1. The van der Waals surface area contributed by atoms with Crippen LogP contribution in [0.5, 0.6) is 5.75 Å². The minimum absolute atomic E-state index is 0.00366. The summed E-state index contributed by atoms with van der Waals surface area (Å²) in [5.74, 6) is 0.920. The van der Waals surface area contributed by atoms with Gasteiger partial charge in [-0.05, 0) is 55.3 Å². The lowest BCUT2D eigenvalue weighted by Crippen LogP contribution is -2.49. The van der Waals surface area contributed by atoms with Crippen molar-refractivity contribution >= 4 is 11.6 Å². The van der Waals surface area contributed by atoms with E-state index in [1.54, 1.807) is 7.11 Å². The van der Waals surface area contributed by atoms with Crippen LogP contribution in [0.2, 0.25) is 0 Å². The quantitative estimate of drug-likeness (QED) is 0.394. The van der Waals surface area contributed by atoms with Crippen molar-refractivity contribution in [1.82, 2.24) is 14.8 Å². The van der Waals surface area contributed by atoms with E-state index in [2.05, 4.69) is 58.3 Å². The summed E-state index contributed by atoms with van der Waals surface area (Å²) in [5, 5.41) is 3.00. The third-order valence-corrected chi connectivity index (χ3v) is 8.09. The monoisotopic (exact) mass is 573 g/mol. The molecule has 42 heavy (non-hydrogen) atoms. The van der Waals surface area contributed by atoms with E-state index in [-0.39, 0.29) is 36.4 Å². The van der Waals surface area contributed by atoms with Gasteiger partial charge in [-0.1, -0.05) is 44.2 Å². The lowest BCUT2D eigenvalue weighted by Gasteiger charge is -2.34. The highest BCUT2D eigenvalue weighted by Gasteiger charge is 2.46. The number of epoxide rings is 1. The highest BCUT2D eigenvalue weighted by atomic mass is 16.6. The van der Waals surface area contributed by atoms with E-state index < -0.39 is 0 Å². The number of ether oxygens (including phenoxy) is 3. The van der Waals surface area contributed by atoms with Crippen molar-refractivity contribution < 1.29 is 19.0 Å². The van der Waals surface area contributed by atoms with Crippen molar-refractivity contribution in [1.29, 1.82) is 0 Å². The molecule has 5 rings (SSSR count). The van der Waals surface area contributed by atoms with E-state index in [1.165, 1.54) is 0 Å². The molecule has 224 valence electrons. The fourth-order valence-corrected chi connectivity index (χ4v) is 5.61. The first-order valence-electron chi connectivity index (χ1n) is 14.8. The number of fused-ring (bicyclic) bond motifs is 3. The van der Waals surface area contributed by atoms with E-state index in [0.717, 1.165) is 46.8 Å². The van der Waals surface area contributed by atoms with Crippen molar-refractivity contribution in [2.24, 2.45) is 11.7 Å². The fourth-order valence-electron chi connectivity index (χ4n) is 5.61. The van der Waals surface area contributed by atoms with Crippen LogP contribution in [-0.4, -0.2) is 73.0 Å². The number of pyridine rings is 1. The average molecular weight is 574 g/mol. The molecule has 1 fully saturated rings. The third kappa shape index (κ3) is 7.35. The zero-order valence-corrected chi connectivity index (χ0v) is 25.0. The topological polar surface area (TPSA) is 105 Å². The normalized spacial score (nSPS) is 25.1. The zero-order valence-electron chi connectivity index (χ0n) is 25.0. The van der Waals surface area contributed by atoms with Crippen LogP contribution >= 0.6 is 0 Å². The molecule has 2 unspecified atom stereocenters. The zero-order chi connectivity index (χ0) is 29.6. The van der Waals surface area contributed by atoms with Crippen LogP contribution in [0.3, 0.4) is 0 Å². The number of rotatable bonds is 7. The molecule has 1 aromatic heterocycles. The van der Waals surface area contributed by atoms with Gasteiger partial charge in [-0.2, -0.15) is 0 Å². The van der Waals surface area contributed by atoms with Crippen LogP contribution in [-0.2, 0) is 20.8 Å². The molecule has 9 heteroatoms. The van der Waals surface area contributed by atoms with Gasteiger partial charge in [-0.15, -0.1) is 0 Å². The van der Waals surface area contributed by atoms with Gasteiger partial charge < -0.3 is 25.3 Å². The predicted molar refractivity (Wildman–Crippen MR) is 164 cm³/mol. The third-order valence-electron chi connectivity index (χ3n) is 8.09. The van der Waals surface area contributed by atoms with E-state index >= 15 is 0 Å². The SMILES string of the molecule is CCCC(=O)Nc1ccc2c(c1)C1OC1N(C)C[C@H](OC)[C@@H](C)CN(Cc1ccc(-c3ccccn3)cc1)[C@@H](N)CO2. The number of likely N-dealkylation sites (N-methyl/N-ethyl adjacent to an activating group) is 1. The van der Waals surface area contributed by atoms with Gasteiger partial charge in [0, 0.05) is 56.2 Å². The number of nitrogens with zero attached hydrogens (tertiary/aromatic N) is 3. The fraction of sp³-hybridized carbons (Fsp3) is 0.455. The second-order valence-electron chi connectivity index (χ2n) is 11.4. The van der Waals surface area contributed by atoms with Gasteiger partial charge in [0.05, 0.1) is 18.0 Å². The Labute approximate surface area is 249 Å². The number of carbonyl (C=O) groups is 1. The minimum Gasteiger partial charge on any atom is -0.490 e. The molecule has 1 saturated heterocycles. The van der Waals surface area contributed by atoms with Crippen molar-refractivity contribution in [3.05, 3.63) is 78.0 Å². The molecule has 2 aromatic carbocycles. The Bertz CT molecular complexity index is 1320. The maximum absolute atomic E-state index is 12.3. The Hall–Kier alpha value is -3.34. The number of benzene rings is 2. The van der Waals surface area contributed by atoms with Crippen LogP contribution < -0.4 is 15.8 Å². The van der Waals surface area contributed by atoms with Crippen LogP contribution in [0.1, 0.15) is 43.9 Å². The maximum atomic E-state index is 12.3. The number of carbonyl (C=O) groups excluding carboxylic acids is 1. The highest BCUT2D eigenvalue weighted by molar-refractivity contribution is 5.90. The molecule has 3 N–H and O–H groups in total. The average Bonchev–Trinajstić information content (AvgIpc) is 3.80. The molecule has 2 aliphatic rings. The van der Waals surface area contributed by atoms with Gasteiger partial charge in [0.2, 0.25) is 5.91 Å². The number of amides is 1. The smallest absolute Gasteiger partial charge is 0.224 e. The molecule has 3 heterocycles. The summed E-state index contributed by atoms with van der Waals surface area (Å²) in [6.45, 7) is 6.63. The standard InChI is InChI=1S/C33H43N5O4/c1-5-8-31(39)36-25-14-15-28-26(17-25)32-33(42-32)37(3)20-29(40-4)22(2)18-38(30(34)21-41-28)19-23-10-12-24(13-11-23)27-9-6-7-16-35-27/h6-7,9-17,22,29-30,32-33H,5,8,18-21,34H2,1-4H3,(H,36,39)/t22-,29-,30+,32?,33?/m0/s1. The first-order valence-corrected chi connectivity index (χ1v) is 14.8. The molecule has 0 aliphatic carbocycles. The second kappa shape index (κ2) is 13.8. The van der Waals surface area contributed by atoms with Crippen LogP contribution in [0.25, 0.3) is 11.3 Å². The molecule has 9 nitrogen and oxygen atoms in total. The Morgan fingerprint density at radius 3 is 2.67 bits per heavy atom. The van der Waals surface area contributed by atoms with E-state index in [0.29, 0.717) is 26.1 Å². The van der Waals surface area contributed by atoms with Gasteiger partial charge in [0.15, 0.2) is 0 Å². The van der Waals surface area contributed by atoms with Crippen molar-refractivity contribution in [3.8, 4) is 17.0 Å².